The van der Waals surface area contributed by atoms with E-state index in [9.17, 15) is 4.79 Å². The van der Waals surface area contributed by atoms with Crippen molar-refractivity contribution in [2.24, 2.45) is 0 Å². The predicted octanol–water partition coefficient (Wildman–Crippen LogP) is 2.96. The highest BCUT2D eigenvalue weighted by atomic mass is 16.1. The van der Waals surface area contributed by atoms with Crippen molar-refractivity contribution in [1.29, 1.82) is 0 Å². The van der Waals surface area contributed by atoms with Crippen LogP contribution >= 0.6 is 0 Å². The van der Waals surface area contributed by atoms with Gasteiger partial charge in [0.15, 0.2) is 0 Å². The van der Waals surface area contributed by atoms with E-state index in [-0.39, 0.29) is 11.9 Å². The number of pyridine rings is 1. The normalized spacial score (nSPS) is 16.4. The van der Waals surface area contributed by atoms with E-state index < -0.39 is 0 Å². The van der Waals surface area contributed by atoms with E-state index in [1.807, 2.05) is 24.4 Å². The second-order valence-electron chi connectivity index (χ2n) is 6.59. The van der Waals surface area contributed by atoms with Gasteiger partial charge in [-0.2, -0.15) is 0 Å². The van der Waals surface area contributed by atoms with Gasteiger partial charge in [-0.15, -0.1) is 0 Å². The molecule has 0 unspecified atom stereocenters. The van der Waals surface area contributed by atoms with E-state index in [0.29, 0.717) is 13.0 Å². The molecular formula is C21H21N3O. The number of nitrogens with one attached hydrogen (secondary N) is 2. The second kappa shape index (κ2) is 7.03. The molecule has 2 aromatic carbocycles. The average Bonchev–Trinajstić information content (AvgIpc) is 2.66. The van der Waals surface area contributed by atoms with Gasteiger partial charge in [0.05, 0.1) is 0 Å². The maximum Gasteiger partial charge on any atom is 0.221 e. The minimum atomic E-state index is 0.0895. The molecule has 0 aliphatic carbocycles. The second-order valence-corrected chi connectivity index (χ2v) is 6.59. The Morgan fingerprint density at radius 2 is 2.00 bits per heavy atom. The fraction of sp³-hybridized carbons (Fsp3) is 0.238. The number of aromatic nitrogens is 1. The molecule has 1 aromatic heterocycles. The lowest BCUT2D eigenvalue weighted by Gasteiger charge is -2.25. The van der Waals surface area contributed by atoms with Crippen molar-refractivity contribution >= 4 is 16.7 Å². The maximum atomic E-state index is 12.3. The first-order valence-electron chi connectivity index (χ1n) is 8.67. The van der Waals surface area contributed by atoms with Crippen molar-refractivity contribution in [3.63, 3.8) is 0 Å². The number of fused-ring (bicyclic) bond motifs is 2. The molecule has 0 spiro atoms. The van der Waals surface area contributed by atoms with Gasteiger partial charge < -0.3 is 10.6 Å². The fourth-order valence-corrected chi connectivity index (χ4v) is 3.40. The molecule has 0 saturated heterocycles. The van der Waals surface area contributed by atoms with Crippen LogP contribution in [-0.2, 0) is 24.3 Å². The number of hydrogen-bond acceptors (Lipinski definition) is 3. The molecule has 1 amide bonds. The zero-order valence-corrected chi connectivity index (χ0v) is 14.0. The Kier molecular flexibility index (Phi) is 4.44. The number of benzene rings is 2. The number of rotatable bonds is 4. The van der Waals surface area contributed by atoms with Crippen molar-refractivity contribution in [3.05, 3.63) is 77.6 Å². The zero-order valence-electron chi connectivity index (χ0n) is 14.0. The summed E-state index contributed by atoms with van der Waals surface area (Å²) in [5.74, 6) is 0.0895. The van der Waals surface area contributed by atoms with Crippen LogP contribution in [0.3, 0.4) is 0 Å². The van der Waals surface area contributed by atoms with Gasteiger partial charge in [-0.1, -0.05) is 36.4 Å². The van der Waals surface area contributed by atoms with Crippen molar-refractivity contribution < 1.29 is 4.79 Å². The van der Waals surface area contributed by atoms with E-state index in [2.05, 4.69) is 45.9 Å². The van der Waals surface area contributed by atoms with Gasteiger partial charge in [0.1, 0.15) is 0 Å². The Bertz CT molecular complexity index is 906. The Labute approximate surface area is 147 Å². The Hall–Kier alpha value is -2.72. The van der Waals surface area contributed by atoms with E-state index in [4.69, 9.17) is 0 Å². The standard InChI is InChI=1S/C21H21N3O/c25-21(11-20-10-16-3-1-2-4-18(16)14-23-20)24-12-15-5-6-19-13-22-8-7-17(19)9-15/h1-9,13,20,23H,10-12,14H2,(H,24,25)/t20-/m0/s1. The fourth-order valence-electron chi connectivity index (χ4n) is 3.40. The van der Waals surface area contributed by atoms with Crippen molar-refractivity contribution in [1.82, 2.24) is 15.6 Å². The molecular weight excluding hydrogens is 310 g/mol. The molecule has 2 heterocycles. The van der Waals surface area contributed by atoms with Crippen LogP contribution in [0.25, 0.3) is 10.8 Å². The Morgan fingerprint density at radius 1 is 1.12 bits per heavy atom. The van der Waals surface area contributed by atoms with Crippen LogP contribution in [0.2, 0.25) is 0 Å². The smallest absolute Gasteiger partial charge is 0.221 e. The molecule has 4 rings (SSSR count). The minimum Gasteiger partial charge on any atom is -0.352 e. The summed E-state index contributed by atoms with van der Waals surface area (Å²) < 4.78 is 0. The van der Waals surface area contributed by atoms with Crippen LogP contribution < -0.4 is 10.6 Å². The number of carbonyl (C=O) groups excluding carboxylic acids is 1. The summed E-state index contributed by atoms with van der Waals surface area (Å²) in [7, 11) is 0. The number of nitrogens with zero attached hydrogens (tertiary/aromatic N) is 1. The molecule has 2 N–H and O–H groups in total. The third-order valence-electron chi connectivity index (χ3n) is 4.79. The van der Waals surface area contributed by atoms with Crippen LogP contribution in [0, 0.1) is 0 Å². The van der Waals surface area contributed by atoms with E-state index >= 15 is 0 Å². The SMILES string of the molecule is O=C(C[C@@H]1Cc2ccccc2CN1)NCc1ccc2cnccc2c1. The van der Waals surface area contributed by atoms with Gasteiger partial charge in [0, 0.05) is 43.3 Å². The average molecular weight is 331 g/mol. The highest BCUT2D eigenvalue weighted by Crippen LogP contribution is 2.18. The molecule has 3 aromatic rings. The van der Waals surface area contributed by atoms with Gasteiger partial charge in [0.25, 0.3) is 0 Å². The summed E-state index contributed by atoms with van der Waals surface area (Å²) in [5, 5.41) is 8.76. The van der Waals surface area contributed by atoms with Gasteiger partial charge in [-0.05, 0) is 40.6 Å². The van der Waals surface area contributed by atoms with Gasteiger partial charge in [-0.25, -0.2) is 0 Å². The summed E-state index contributed by atoms with van der Waals surface area (Å²) >= 11 is 0. The molecule has 25 heavy (non-hydrogen) atoms. The molecule has 0 radical (unpaired) electrons. The van der Waals surface area contributed by atoms with E-state index in [0.717, 1.165) is 29.3 Å². The monoisotopic (exact) mass is 331 g/mol. The predicted molar refractivity (Wildman–Crippen MR) is 99.0 cm³/mol. The van der Waals surface area contributed by atoms with Crippen LogP contribution in [0.5, 0.6) is 0 Å². The Balaban J connectivity index is 1.33. The molecule has 4 heteroatoms. The van der Waals surface area contributed by atoms with Crippen LogP contribution in [0.1, 0.15) is 23.1 Å². The molecule has 1 aliphatic heterocycles. The third kappa shape index (κ3) is 3.69. The maximum absolute atomic E-state index is 12.3. The highest BCUT2D eigenvalue weighted by molar-refractivity contribution is 5.82. The number of carbonyl (C=O) groups is 1. The summed E-state index contributed by atoms with van der Waals surface area (Å²) in [6, 6.07) is 16.8. The molecule has 1 atom stereocenters. The molecule has 0 fully saturated rings. The largest absolute Gasteiger partial charge is 0.352 e. The Morgan fingerprint density at radius 3 is 2.92 bits per heavy atom. The lowest BCUT2D eigenvalue weighted by Crippen LogP contribution is -2.39. The summed E-state index contributed by atoms with van der Waals surface area (Å²) in [4.78, 5) is 16.4. The van der Waals surface area contributed by atoms with Gasteiger partial charge in [-0.3, -0.25) is 9.78 Å². The lowest BCUT2D eigenvalue weighted by molar-refractivity contribution is -0.121. The minimum absolute atomic E-state index is 0.0895. The highest BCUT2D eigenvalue weighted by Gasteiger charge is 2.19. The van der Waals surface area contributed by atoms with Crippen molar-refractivity contribution in [3.8, 4) is 0 Å². The molecule has 1 aliphatic rings. The zero-order chi connectivity index (χ0) is 17.1. The number of hydrogen-bond donors (Lipinski definition) is 2. The first-order valence-corrected chi connectivity index (χ1v) is 8.67. The van der Waals surface area contributed by atoms with Crippen LogP contribution in [0.4, 0.5) is 0 Å². The van der Waals surface area contributed by atoms with Crippen LogP contribution in [0.15, 0.2) is 60.9 Å². The lowest BCUT2D eigenvalue weighted by atomic mass is 9.94. The summed E-state index contributed by atoms with van der Waals surface area (Å²) in [6.45, 7) is 1.40. The van der Waals surface area contributed by atoms with Crippen molar-refractivity contribution in [2.75, 3.05) is 0 Å². The number of amides is 1. The third-order valence-corrected chi connectivity index (χ3v) is 4.79. The van der Waals surface area contributed by atoms with E-state index in [1.165, 1.54) is 11.1 Å². The topological polar surface area (TPSA) is 54.0 Å². The van der Waals surface area contributed by atoms with Gasteiger partial charge >= 0.3 is 0 Å². The molecule has 126 valence electrons. The molecule has 4 nitrogen and oxygen atoms in total. The quantitative estimate of drug-likeness (QED) is 0.773. The summed E-state index contributed by atoms with van der Waals surface area (Å²) in [5.41, 5.74) is 3.79. The van der Waals surface area contributed by atoms with Gasteiger partial charge in [0.2, 0.25) is 5.91 Å². The molecule has 0 saturated carbocycles. The van der Waals surface area contributed by atoms with Crippen molar-refractivity contribution in [2.45, 2.75) is 32.0 Å². The molecule has 0 bridgehead atoms. The summed E-state index contributed by atoms with van der Waals surface area (Å²) in [6.07, 6.45) is 5.06. The first-order chi connectivity index (χ1) is 12.3. The van der Waals surface area contributed by atoms with E-state index in [1.54, 1.807) is 6.20 Å². The first kappa shape index (κ1) is 15.8. The van der Waals surface area contributed by atoms with Crippen LogP contribution in [-0.4, -0.2) is 16.9 Å².